The molecular weight excluding hydrogens is 216 g/mol. The standard InChI is InChI=1S/C18H26/c1-5-6-16-8-10-17(11-9-16)18-12-7-13(2)14(3)15(18)4/h5-7,12,16-17H,8-11H2,1-4H3/b6-5+. The molecule has 0 bridgehead atoms. The van der Waals surface area contributed by atoms with E-state index in [0.29, 0.717) is 0 Å². The van der Waals surface area contributed by atoms with Gasteiger partial charge in [-0.15, -0.1) is 0 Å². The maximum Gasteiger partial charge on any atom is -0.0159 e. The Balaban J connectivity index is 2.13. The van der Waals surface area contributed by atoms with Crippen LogP contribution in [0.3, 0.4) is 0 Å². The minimum Gasteiger partial charge on any atom is -0.0914 e. The second-order valence-electron chi connectivity index (χ2n) is 5.86. The molecule has 0 aliphatic heterocycles. The first-order chi connectivity index (χ1) is 8.63. The van der Waals surface area contributed by atoms with Crippen LogP contribution in [-0.2, 0) is 0 Å². The molecular formula is C18H26. The van der Waals surface area contributed by atoms with Gasteiger partial charge in [0.1, 0.15) is 0 Å². The van der Waals surface area contributed by atoms with Crippen molar-refractivity contribution in [1.29, 1.82) is 0 Å². The highest BCUT2D eigenvalue weighted by atomic mass is 14.3. The molecule has 0 heteroatoms. The zero-order chi connectivity index (χ0) is 13.1. The fourth-order valence-corrected chi connectivity index (χ4v) is 3.31. The molecule has 0 radical (unpaired) electrons. The minimum absolute atomic E-state index is 0.797. The highest BCUT2D eigenvalue weighted by Crippen LogP contribution is 2.38. The molecule has 0 N–H and O–H groups in total. The first-order valence-corrected chi connectivity index (χ1v) is 7.33. The highest BCUT2D eigenvalue weighted by Gasteiger charge is 2.22. The predicted octanol–water partition coefficient (Wildman–Crippen LogP) is 5.46. The lowest BCUT2D eigenvalue weighted by Crippen LogP contribution is -2.13. The molecule has 1 fully saturated rings. The van der Waals surface area contributed by atoms with Gasteiger partial charge in [-0.25, -0.2) is 0 Å². The van der Waals surface area contributed by atoms with Crippen LogP contribution in [0.15, 0.2) is 24.3 Å². The van der Waals surface area contributed by atoms with Crippen LogP contribution in [0, 0.1) is 26.7 Å². The SMILES string of the molecule is C/C=C/C1CCC(c2ccc(C)c(C)c2C)CC1. The van der Waals surface area contributed by atoms with Gasteiger partial charge in [0.25, 0.3) is 0 Å². The van der Waals surface area contributed by atoms with Crippen LogP contribution in [-0.4, -0.2) is 0 Å². The number of benzene rings is 1. The van der Waals surface area contributed by atoms with Crippen LogP contribution in [0.4, 0.5) is 0 Å². The topological polar surface area (TPSA) is 0 Å². The zero-order valence-electron chi connectivity index (χ0n) is 12.3. The molecule has 18 heavy (non-hydrogen) atoms. The van der Waals surface area contributed by atoms with E-state index in [2.05, 4.69) is 52.0 Å². The zero-order valence-corrected chi connectivity index (χ0v) is 12.3. The van der Waals surface area contributed by atoms with E-state index in [-0.39, 0.29) is 0 Å². The summed E-state index contributed by atoms with van der Waals surface area (Å²) in [4.78, 5) is 0. The Labute approximate surface area is 112 Å². The lowest BCUT2D eigenvalue weighted by molar-refractivity contribution is 0.375. The summed E-state index contributed by atoms with van der Waals surface area (Å²) >= 11 is 0. The largest absolute Gasteiger partial charge is 0.0914 e. The second kappa shape index (κ2) is 5.73. The lowest BCUT2D eigenvalue weighted by Gasteiger charge is -2.29. The van der Waals surface area contributed by atoms with Gasteiger partial charge in [0.05, 0.1) is 0 Å². The summed E-state index contributed by atoms with van der Waals surface area (Å²) in [6.45, 7) is 8.92. The molecule has 1 aromatic carbocycles. The molecule has 2 rings (SSSR count). The van der Waals surface area contributed by atoms with E-state index in [1.807, 2.05) is 0 Å². The van der Waals surface area contributed by atoms with Crippen molar-refractivity contribution < 1.29 is 0 Å². The van der Waals surface area contributed by atoms with E-state index in [0.717, 1.165) is 11.8 Å². The van der Waals surface area contributed by atoms with Crippen LogP contribution >= 0.6 is 0 Å². The molecule has 0 amide bonds. The molecule has 98 valence electrons. The predicted molar refractivity (Wildman–Crippen MR) is 80.2 cm³/mol. The summed E-state index contributed by atoms with van der Waals surface area (Å²) in [5, 5.41) is 0. The van der Waals surface area contributed by atoms with Crippen LogP contribution in [0.25, 0.3) is 0 Å². The molecule has 0 saturated heterocycles. The first kappa shape index (κ1) is 13.4. The van der Waals surface area contributed by atoms with E-state index in [1.54, 1.807) is 5.56 Å². The summed E-state index contributed by atoms with van der Waals surface area (Å²) in [7, 11) is 0. The van der Waals surface area contributed by atoms with Crippen molar-refractivity contribution >= 4 is 0 Å². The fraction of sp³-hybridized carbons (Fsp3) is 0.556. The van der Waals surface area contributed by atoms with Crippen LogP contribution < -0.4 is 0 Å². The fourth-order valence-electron chi connectivity index (χ4n) is 3.31. The van der Waals surface area contributed by atoms with Gasteiger partial charge in [-0.2, -0.15) is 0 Å². The van der Waals surface area contributed by atoms with Gasteiger partial charge in [-0.3, -0.25) is 0 Å². The molecule has 0 unspecified atom stereocenters. The Kier molecular flexibility index (Phi) is 4.27. The normalized spacial score (nSPS) is 24.7. The van der Waals surface area contributed by atoms with E-state index in [9.17, 15) is 0 Å². The Morgan fingerprint density at radius 3 is 2.22 bits per heavy atom. The van der Waals surface area contributed by atoms with E-state index >= 15 is 0 Å². The molecule has 0 nitrogen and oxygen atoms in total. The Morgan fingerprint density at radius 1 is 0.944 bits per heavy atom. The smallest absolute Gasteiger partial charge is 0.0159 e. The van der Waals surface area contributed by atoms with Gasteiger partial charge in [0.2, 0.25) is 0 Å². The molecule has 1 aliphatic rings. The third kappa shape index (κ3) is 2.68. The maximum absolute atomic E-state index is 2.39. The van der Waals surface area contributed by atoms with Crippen LogP contribution in [0.5, 0.6) is 0 Å². The third-order valence-corrected chi connectivity index (χ3v) is 4.78. The van der Waals surface area contributed by atoms with E-state index < -0.39 is 0 Å². The van der Waals surface area contributed by atoms with E-state index in [4.69, 9.17) is 0 Å². The number of hydrogen-bond acceptors (Lipinski definition) is 0. The van der Waals surface area contributed by atoms with Gasteiger partial charge in [0, 0.05) is 0 Å². The number of aryl methyl sites for hydroxylation is 1. The monoisotopic (exact) mass is 242 g/mol. The van der Waals surface area contributed by atoms with Crippen molar-refractivity contribution in [1.82, 2.24) is 0 Å². The highest BCUT2D eigenvalue weighted by molar-refractivity contribution is 5.40. The Hall–Kier alpha value is -1.04. The average molecular weight is 242 g/mol. The minimum atomic E-state index is 0.797. The van der Waals surface area contributed by atoms with Gasteiger partial charge in [-0.05, 0) is 87.5 Å². The van der Waals surface area contributed by atoms with Gasteiger partial charge in [-0.1, -0.05) is 24.3 Å². The molecule has 0 aromatic heterocycles. The summed E-state index contributed by atoms with van der Waals surface area (Å²) in [5.74, 6) is 1.63. The summed E-state index contributed by atoms with van der Waals surface area (Å²) in [6, 6.07) is 4.67. The van der Waals surface area contributed by atoms with Crippen molar-refractivity contribution in [2.45, 2.75) is 59.3 Å². The summed E-state index contributed by atoms with van der Waals surface area (Å²) in [5.41, 5.74) is 6.06. The van der Waals surface area contributed by atoms with Crippen molar-refractivity contribution in [2.75, 3.05) is 0 Å². The molecule has 1 aliphatic carbocycles. The lowest BCUT2D eigenvalue weighted by atomic mass is 9.76. The molecule has 0 spiro atoms. The van der Waals surface area contributed by atoms with Crippen molar-refractivity contribution in [3.63, 3.8) is 0 Å². The van der Waals surface area contributed by atoms with Crippen LogP contribution in [0.1, 0.15) is 60.8 Å². The average Bonchev–Trinajstić information content (AvgIpc) is 2.38. The van der Waals surface area contributed by atoms with Crippen molar-refractivity contribution in [2.24, 2.45) is 5.92 Å². The van der Waals surface area contributed by atoms with Gasteiger partial charge in [0.15, 0.2) is 0 Å². The molecule has 1 saturated carbocycles. The molecule has 0 heterocycles. The van der Waals surface area contributed by atoms with Gasteiger partial charge < -0.3 is 0 Å². The van der Waals surface area contributed by atoms with Crippen molar-refractivity contribution in [3.8, 4) is 0 Å². The molecule has 1 aromatic rings. The first-order valence-electron chi connectivity index (χ1n) is 7.33. The number of rotatable bonds is 2. The Bertz CT molecular complexity index is 432. The van der Waals surface area contributed by atoms with Crippen LogP contribution in [0.2, 0.25) is 0 Å². The third-order valence-electron chi connectivity index (χ3n) is 4.78. The quantitative estimate of drug-likeness (QED) is 0.604. The number of hydrogen-bond donors (Lipinski definition) is 0. The summed E-state index contributed by atoms with van der Waals surface area (Å²) < 4.78 is 0. The number of allylic oxidation sites excluding steroid dienone is 2. The maximum atomic E-state index is 2.39. The van der Waals surface area contributed by atoms with E-state index in [1.165, 1.54) is 42.4 Å². The van der Waals surface area contributed by atoms with Gasteiger partial charge >= 0.3 is 0 Å². The Morgan fingerprint density at radius 2 is 1.61 bits per heavy atom. The summed E-state index contributed by atoms with van der Waals surface area (Å²) in [6.07, 6.45) is 10.1. The van der Waals surface area contributed by atoms with Crippen molar-refractivity contribution in [3.05, 3.63) is 46.5 Å². The molecule has 0 atom stereocenters. The second-order valence-corrected chi connectivity index (χ2v) is 5.86.